The van der Waals surface area contributed by atoms with Gasteiger partial charge in [-0.15, -0.1) is 11.3 Å². The number of thiophene rings is 1. The van der Waals surface area contributed by atoms with E-state index in [1.165, 1.54) is 11.3 Å². The van der Waals surface area contributed by atoms with Crippen LogP contribution in [0.25, 0.3) is 21.3 Å². The molecule has 1 aromatic carbocycles. The van der Waals surface area contributed by atoms with Crippen LogP contribution in [0.5, 0.6) is 5.75 Å². The first-order chi connectivity index (χ1) is 16.6. The zero-order chi connectivity index (χ0) is 24.9. The summed E-state index contributed by atoms with van der Waals surface area (Å²) in [6, 6.07) is 6.86. The highest BCUT2D eigenvalue weighted by atomic mass is 32.1. The monoisotopic (exact) mass is 492 g/mol. The Hall–Kier alpha value is -4.12. The highest BCUT2D eigenvalue weighted by molar-refractivity contribution is 7.17. The summed E-state index contributed by atoms with van der Waals surface area (Å²) in [5.41, 5.74) is 1.17. The molecule has 0 fully saturated rings. The van der Waals surface area contributed by atoms with E-state index in [-0.39, 0.29) is 35.1 Å². The van der Waals surface area contributed by atoms with Gasteiger partial charge in [0.1, 0.15) is 11.6 Å². The van der Waals surface area contributed by atoms with Crippen LogP contribution in [0.1, 0.15) is 47.7 Å². The molecule has 0 saturated carbocycles. The Balaban J connectivity index is 1.54. The lowest BCUT2D eigenvalue weighted by Gasteiger charge is -2.31. The number of H-pyrrole nitrogens is 2. The van der Waals surface area contributed by atoms with Crippen molar-refractivity contribution in [3.05, 3.63) is 47.1 Å². The van der Waals surface area contributed by atoms with Crippen LogP contribution in [0.15, 0.2) is 36.7 Å². The van der Waals surface area contributed by atoms with E-state index in [0.717, 1.165) is 10.4 Å². The zero-order valence-electron chi connectivity index (χ0n) is 19.5. The number of ether oxygens (including phenoxy) is 1. The predicted octanol–water partition coefficient (Wildman–Crippen LogP) is 4.12. The molecule has 0 spiro atoms. The Kier molecular flexibility index (Phi) is 5.36. The normalized spacial score (nSPS) is 14.4. The van der Waals surface area contributed by atoms with Crippen LogP contribution in [0.3, 0.4) is 0 Å². The number of nitrogens with one attached hydrogen (secondary N) is 5. The fourth-order valence-electron chi connectivity index (χ4n) is 3.84. The van der Waals surface area contributed by atoms with E-state index >= 15 is 0 Å². The maximum atomic E-state index is 13.2. The number of carbonyl (C=O) groups is 3. The molecule has 0 saturated heterocycles. The standard InChI is InChI=1S/C24H24N6O4S/c1-11(2)27-22(32)19-13-7-16-15(29-23(33)24(3,4)34-16)8-14(13)28-20(19)30-21(31)18-6-5-17(35-18)12-9-25-26-10-12/h5-11,28H,1-4H3,(H,25,26)(H,27,32)(H,29,33)(H,30,31). The highest BCUT2D eigenvalue weighted by Gasteiger charge is 2.36. The Bertz CT molecular complexity index is 1460. The number of benzene rings is 1. The molecule has 0 unspecified atom stereocenters. The number of fused-ring (bicyclic) bond motifs is 2. The van der Waals surface area contributed by atoms with Crippen molar-refractivity contribution in [1.82, 2.24) is 20.5 Å². The van der Waals surface area contributed by atoms with Gasteiger partial charge in [0, 0.05) is 28.1 Å². The number of aromatic amines is 2. The Morgan fingerprint density at radius 3 is 2.69 bits per heavy atom. The number of carbonyl (C=O) groups excluding carboxylic acids is 3. The molecule has 35 heavy (non-hydrogen) atoms. The van der Waals surface area contributed by atoms with E-state index in [1.807, 2.05) is 19.9 Å². The second-order valence-electron chi connectivity index (χ2n) is 9.07. The molecule has 1 aliphatic rings. The van der Waals surface area contributed by atoms with Gasteiger partial charge in [-0.2, -0.15) is 5.10 Å². The van der Waals surface area contributed by atoms with Crippen LogP contribution in [0.4, 0.5) is 11.5 Å². The van der Waals surface area contributed by atoms with Gasteiger partial charge in [-0.25, -0.2) is 0 Å². The van der Waals surface area contributed by atoms with E-state index in [4.69, 9.17) is 4.74 Å². The first kappa shape index (κ1) is 22.7. The molecule has 0 radical (unpaired) electrons. The summed E-state index contributed by atoms with van der Waals surface area (Å²) in [6.45, 7) is 7.06. The Labute approximate surface area is 204 Å². The predicted molar refractivity (Wildman–Crippen MR) is 134 cm³/mol. The minimum Gasteiger partial charge on any atom is -0.476 e. The second-order valence-corrected chi connectivity index (χ2v) is 10.2. The van der Waals surface area contributed by atoms with Crippen molar-refractivity contribution in [2.75, 3.05) is 10.6 Å². The Morgan fingerprint density at radius 1 is 1.17 bits per heavy atom. The molecule has 5 rings (SSSR count). The molecule has 11 heteroatoms. The third kappa shape index (κ3) is 4.14. The first-order valence-electron chi connectivity index (χ1n) is 11.0. The van der Waals surface area contributed by atoms with E-state index in [9.17, 15) is 14.4 Å². The van der Waals surface area contributed by atoms with E-state index in [1.54, 1.807) is 44.4 Å². The van der Waals surface area contributed by atoms with Crippen LogP contribution >= 0.6 is 11.3 Å². The van der Waals surface area contributed by atoms with Gasteiger partial charge < -0.3 is 25.7 Å². The van der Waals surface area contributed by atoms with E-state index in [0.29, 0.717) is 27.2 Å². The summed E-state index contributed by atoms with van der Waals surface area (Å²) in [6.07, 6.45) is 3.44. The van der Waals surface area contributed by atoms with Crippen LogP contribution in [-0.4, -0.2) is 44.5 Å². The summed E-state index contributed by atoms with van der Waals surface area (Å²) in [5.74, 6) is -0.264. The van der Waals surface area contributed by atoms with Crippen molar-refractivity contribution in [2.45, 2.75) is 39.3 Å². The van der Waals surface area contributed by atoms with Crippen LogP contribution in [-0.2, 0) is 4.79 Å². The molecule has 3 aromatic heterocycles. The molecule has 0 atom stereocenters. The largest absolute Gasteiger partial charge is 0.476 e. The molecular weight excluding hydrogens is 468 g/mol. The molecule has 0 aliphatic carbocycles. The smallest absolute Gasteiger partial charge is 0.268 e. The summed E-state index contributed by atoms with van der Waals surface area (Å²) in [4.78, 5) is 43.1. The molecule has 3 amide bonds. The van der Waals surface area contributed by atoms with Crippen molar-refractivity contribution in [2.24, 2.45) is 0 Å². The molecule has 4 heterocycles. The van der Waals surface area contributed by atoms with Crippen LogP contribution < -0.4 is 20.7 Å². The van der Waals surface area contributed by atoms with Gasteiger partial charge in [-0.05, 0) is 52.0 Å². The summed E-state index contributed by atoms with van der Waals surface area (Å²) < 4.78 is 5.90. The van der Waals surface area contributed by atoms with Crippen LogP contribution in [0.2, 0.25) is 0 Å². The molecular formula is C24H24N6O4S. The average molecular weight is 493 g/mol. The molecule has 180 valence electrons. The van der Waals surface area contributed by atoms with Gasteiger partial charge in [-0.3, -0.25) is 19.5 Å². The summed E-state index contributed by atoms with van der Waals surface area (Å²) in [5, 5.41) is 15.8. The minimum atomic E-state index is -1.06. The van der Waals surface area contributed by atoms with E-state index < -0.39 is 5.60 Å². The fraction of sp³-hybridized carbons (Fsp3) is 0.250. The number of nitrogens with zero attached hydrogens (tertiary/aromatic N) is 1. The van der Waals surface area contributed by atoms with Crippen molar-refractivity contribution < 1.29 is 19.1 Å². The SMILES string of the molecule is CC(C)NC(=O)c1c(NC(=O)c2ccc(-c3cn[nH]c3)s2)[nH]c2cc3c(cc12)OC(C)(C)C(=O)N3. The van der Waals surface area contributed by atoms with Crippen molar-refractivity contribution in [1.29, 1.82) is 0 Å². The summed E-state index contributed by atoms with van der Waals surface area (Å²) in [7, 11) is 0. The van der Waals surface area contributed by atoms with Gasteiger partial charge in [-0.1, -0.05) is 0 Å². The number of hydrogen-bond donors (Lipinski definition) is 5. The Morgan fingerprint density at radius 2 is 1.97 bits per heavy atom. The van der Waals surface area contributed by atoms with Crippen molar-refractivity contribution in [3.63, 3.8) is 0 Å². The quantitative estimate of drug-likeness (QED) is 0.285. The van der Waals surface area contributed by atoms with Gasteiger partial charge >= 0.3 is 0 Å². The zero-order valence-corrected chi connectivity index (χ0v) is 20.3. The lowest BCUT2D eigenvalue weighted by atomic mass is 10.0. The molecule has 10 nitrogen and oxygen atoms in total. The topological polar surface area (TPSA) is 141 Å². The third-order valence-corrected chi connectivity index (χ3v) is 6.69. The maximum absolute atomic E-state index is 13.2. The first-order valence-corrected chi connectivity index (χ1v) is 11.9. The molecule has 5 N–H and O–H groups in total. The van der Waals surface area contributed by atoms with Crippen molar-refractivity contribution in [3.8, 4) is 16.2 Å². The van der Waals surface area contributed by atoms with Gasteiger partial charge in [0.05, 0.1) is 27.8 Å². The second kappa shape index (κ2) is 8.27. The minimum absolute atomic E-state index is 0.113. The lowest BCUT2D eigenvalue weighted by Crippen LogP contribution is -2.45. The molecule has 1 aliphatic heterocycles. The van der Waals surface area contributed by atoms with Crippen molar-refractivity contribution >= 4 is 51.5 Å². The van der Waals surface area contributed by atoms with Gasteiger partial charge in [0.15, 0.2) is 5.60 Å². The number of anilines is 2. The lowest BCUT2D eigenvalue weighted by molar-refractivity contribution is -0.129. The molecule has 4 aromatic rings. The maximum Gasteiger partial charge on any atom is 0.268 e. The molecule has 0 bridgehead atoms. The van der Waals surface area contributed by atoms with E-state index in [2.05, 4.69) is 31.1 Å². The van der Waals surface area contributed by atoms with Crippen LogP contribution in [0, 0.1) is 0 Å². The van der Waals surface area contributed by atoms with Gasteiger partial charge in [0.2, 0.25) is 0 Å². The highest BCUT2D eigenvalue weighted by Crippen LogP contribution is 2.40. The average Bonchev–Trinajstić information content (AvgIpc) is 3.51. The number of hydrogen-bond acceptors (Lipinski definition) is 6. The number of aromatic nitrogens is 3. The van der Waals surface area contributed by atoms with Gasteiger partial charge in [0.25, 0.3) is 17.7 Å². The summed E-state index contributed by atoms with van der Waals surface area (Å²) >= 11 is 1.32. The fourth-order valence-corrected chi connectivity index (χ4v) is 4.72. The number of amides is 3. The number of rotatable bonds is 5. The third-order valence-electron chi connectivity index (χ3n) is 5.56.